The SMILES string of the molecule is CON(C)C(=O)c1ccc(C#N)cn1. The van der Waals surface area contributed by atoms with E-state index >= 15 is 0 Å². The minimum absolute atomic E-state index is 0.244. The molecule has 5 nitrogen and oxygen atoms in total. The summed E-state index contributed by atoms with van der Waals surface area (Å²) in [5.74, 6) is -0.350. The Morgan fingerprint density at radius 1 is 1.64 bits per heavy atom. The van der Waals surface area contributed by atoms with Gasteiger partial charge in [0.2, 0.25) is 0 Å². The topological polar surface area (TPSA) is 66.2 Å². The lowest BCUT2D eigenvalue weighted by molar-refractivity contribution is -0.0760. The van der Waals surface area contributed by atoms with E-state index in [-0.39, 0.29) is 11.6 Å². The van der Waals surface area contributed by atoms with E-state index in [1.807, 2.05) is 6.07 Å². The van der Waals surface area contributed by atoms with Gasteiger partial charge in [-0.15, -0.1) is 0 Å². The van der Waals surface area contributed by atoms with Crippen LogP contribution in [0.15, 0.2) is 18.3 Å². The van der Waals surface area contributed by atoms with E-state index < -0.39 is 0 Å². The highest BCUT2D eigenvalue weighted by molar-refractivity contribution is 5.91. The molecule has 0 saturated heterocycles. The van der Waals surface area contributed by atoms with E-state index in [1.165, 1.54) is 32.5 Å². The molecular formula is C9H9N3O2. The second-order valence-corrected chi connectivity index (χ2v) is 2.53. The molecule has 0 saturated carbocycles. The molecule has 1 amide bonds. The quantitative estimate of drug-likeness (QED) is 0.641. The molecule has 1 rings (SSSR count). The molecule has 1 aromatic heterocycles. The minimum atomic E-state index is -0.350. The molecule has 5 heteroatoms. The molecular weight excluding hydrogens is 182 g/mol. The molecule has 0 aliphatic heterocycles. The Hall–Kier alpha value is -1.93. The summed E-state index contributed by atoms with van der Waals surface area (Å²) >= 11 is 0. The van der Waals surface area contributed by atoms with Gasteiger partial charge in [-0.3, -0.25) is 9.63 Å². The number of nitriles is 1. The van der Waals surface area contributed by atoms with Crippen molar-refractivity contribution in [1.82, 2.24) is 10.0 Å². The van der Waals surface area contributed by atoms with Gasteiger partial charge in [-0.05, 0) is 12.1 Å². The van der Waals surface area contributed by atoms with Gasteiger partial charge < -0.3 is 0 Å². The first kappa shape index (κ1) is 10.2. The summed E-state index contributed by atoms with van der Waals surface area (Å²) in [7, 11) is 2.88. The molecule has 72 valence electrons. The predicted octanol–water partition coefficient (Wildman–Crippen LogP) is 0.587. The number of carbonyl (C=O) groups is 1. The highest BCUT2D eigenvalue weighted by Gasteiger charge is 2.11. The smallest absolute Gasteiger partial charge is 0.274 e. The molecule has 0 spiro atoms. The molecule has 0 fully saturated rings. The van der Waals surface area contributed by atoms with Crippen molar-refractivity contribution in [2.24, 2.45) is 0 Å². The molecule has 0 aliphatic rings. The maximum absolute atomic E-state index is 11.4. The van der Waals surface area contributed by atoms with Crippen LogP contribution < -0.4 is 0 Å². The third kappa shape index (κ3) is 2.06. The van der Waals surface area contributed by atoms with Crippen LogP contribution in [-0.2, 0) is 4.84 Å². The molecule has 0 aliphatic carbocycles. The number of amides is 1. The van der Waals surface area contributed by atoms with E-state index in [0.717, 1.165) is 5.06 Å². The van der Waals surface area contributed by atoms with Crippen molar-refractivity contribution in [3.05, 3.63) is 29.6 Å². The number of aromatic nitrogens is 1. The largest absolute Gasteiger partial charge is 0.295 e. The monoisotopic (exact) mass is 191 g/mol. The number of hydroxylamine groups is 2. The standard InChI is InChI=1S/C9H9N3O2/c1-12(14-2)9(13)8-4-3-7(5-10)6-11-8/h3-4,6H,1-2H3. The second kappa shape index (κ2) is 4.35. The lowest BCUT2D eigenvalue weighted by atomic mass is 10.2. The van der Waals surface area contributed by atoms with E-state index in [4.69, 9.17) is 10.1 Å². The van der Waals surface area contributed by atoms with Crippen molar-refractivity contribution >= 4 is 5.91 Å². The minimum Gasteiger partial charge on any atom is -0.274 e. The average molecular weight is 191 g/mol. The Balaban J connectivity index is 2.88. The Labute approximate surface area is 81.5 Å². The molecule has 0 atom stereocenters. The normalized spacial score (nSPS) is 9.21. The second-order valence-electron chi connectivity index (χ2n) is 2.53. The molecule has 0 unspecified atom stereocenters. The van der Waals surface area contributed by atoms with Crippen LogP contribution in [0.25, 0.3) is 0 Å². The summed E-state index contributed by atoms with van der Waals surface area (Å²) in [6.45, 7) is 0. The third-order valence-electron chi connectivity index (χ3n) is 1.67. The molecule has 1 aromatic rings. The highest BCUT2D eigenvalue weighted by Crippen LogP contribution is 2.01. The van der Waals surface area contributed by atoms with Crippen LogP contribution in [0.1, 0.15) is 16.1 Å². The zero-order valence-electron chi connectivity index (χ0n) is 7.89. The van der Waals surface area contributed by atoms with Crippen LogP contribution in [0.4, 0.5) is 0 Å². The van der Waals surface area contributed by atoms with Gasteiger partial charge in [0.25, 0.3) is 5.91 Å². The number of hydrogen-bond donors (Lipinski definition) is 0. The summed E-state index contributed by atoms with van der Waals surface area (Å²) in [6, 6.07) is 4.93. The lowest BCUT2D eigenvalue weighted by Crippen LogP contribution is -2.26. The lowest BCUT2D eigenvalue weighted by Gasteiger charge is -2.12. The summed E-state index contributed by atoms with van der Waals surface area (Å²) < 4.78 is 0. The van der Waals surface area contributed by atoms with Crippen molar-refractivity contribution in [3.8, 4) is 6.07 Å². The van der Waals surface area contributed by atoms with E-state index in [1.54, 1.807) is 0 Å². The van der Waals surface area contributed by atoms with Crippen LogP contribution in [-0.4, -0.2) is 30.1 Å². The van der Waals surface area contributed by atoms with Gasteiger partial charge in [0.05, 0.1) is 12.7 Å². The first-order chi connectivity index (χ1) is 6.69. The van der Waals surface area contributed by atoms with E-state index in [2.05, 4.69) is 4.98 Å². The Morgan fingerprint density at radius 3 is 2.79 bits per heavy atom. The van der Waals surface area contributed by atoms with E-state index in [0.29, 0.717) is 5.56 Å². The van der Waals surface area contributed by atoms with Gasteiger partial charge >= 0.3 is 0 Å². The third-order valence-corrected chi connectivity index (χ3v) is 1.67. The van der Waals surface area contributed by atoms with Crippen molar-refractivity contribution in [2.45, 2.75) is 0 Å². The highest BCUT2D eigenvalue weighted by atomic mass is 16.7. The van der Waals surface area contributed by atoms with Gasteiger partial charge in [-0.25, -0.2) is 10.0 Å². The first-order valence-electron chi connectivity index (χ1n) is 3.87. The average Bonchev–Trinajstić information content (AvgIpc) is 2.27. The molecule has 1 heterocycles. The van der Waals surface area contributed by atoms with Crippen molar-refractivity contribution in [3.63, 3.8) is 0 Å². The van der Waals surface area contributed by atoms with Crippen LogP contribution in [0, 0.1) is 11.3 Å². The summed E-state index contributed by atoms with van der Waals surface area (Å²) in [6.07, 6.45) is 1.34. The molecule has 14 heavy (non-hydrogen) atoms. The van der Waals surface area contributed by atoms with Crippen molar-refractivity contribution in [2.75, 3.05) is 14.2 Å². The van der Waals surface area contributed by atoms with Crippen molar-refractivity contribution in [1.29, 1.82) is 5.26 Å². The van der Waals surface area contributed by atoms with Gasteiger partial charge in [-0.2, -0.15) is 5.26 Å². The van der Waals surface area contributed by atoms with Gasteiger partial charge in [-0.1, -0.05) is 0 Å². The summed E-state index contributed by atoms with van der Waals surface area (Å²) in [4.78, 5) is 20.0. The summed E-state index contributed by atoms with van der Waals surface area (Å²) in [5.41, 5.74) is 0.662. The fourth-order valence-corrected chi connectivity index (χ4v) is 0.831. The fourth-order valence-electron chi connectivity index (χ4n) is 0.831. The zero-order valence-corrected chi connectivity index (χ0v) is 7.89. The number of nitrogens with zero attached hydrogens (tertiary/aromatic N) is 3. The molecule has 0 bridgehead atoms. The Kier molecular flexibility index (Phi) is 3.15. The fraction of sp³-hybridized carbons (Fsp3) is 0.222. The number of hydrogen-bond acceptors (Lipinski definition) is 4. The maximum atomic E-state index is 11.4. The van der Waals surface area contributed by atoms with Gasteiger partial charge in [0.15, 0.2) is 0 Å². The maximum Gasteiger partial charge on any atom is 0.295 e. The zero-order chi connectivity index (χ0) is 10.6. The Bertz CT molecular complexity index is 367. The van der Waals surface area contributed by atoms with Crippen molar-refractivity contribution < 1.29 is 9.63 Å². The molecule has 0 aromatic carbocycles. The number of pyridine rings is 1. The van der Waals surface area contributed by atoms with Crippen LogP contribution >= 0.6 is 0 Å². The molecule has 0 radical (unpaired) electrons. The van der Waals surface area contributed by atoms with Crippen LogP contribution in [0.2, 0.25) is 0 Å². The number of carbonyl (C=O) groups excluding carboxylic acids is 1. The molecule has 0 N–H and O–H groups in total. The van der Waals surface area contributed by atoms with Crippen LogP contribution in [0.3, 0.4) is 0 Å². The van der Waals surface area contributed by atoms with Crippen LogP contribution in [0.5, 0.6) is 0 Å². The predicted molar refractivity (Wildman–Crippen MR) is 48.1 cm³/mol. The Morgan fingerprint density at radius 2 is 2.36 bits per heavy atom. The number of rotatable bonds is 2. The first-order valence-corrected chi connectivity index (χ1v) is 3.87. The van der Waals surface area contributed by atoms with Gasteiger partial charge in [0.1, 0.15) is 11.8 Å². The van der Waals surface area contributed by atoms with E-state index in [9.17, 15) is 4.79 Å². The summed E-state index contributed by atoms with van der Waals surface area (Å²) in [5, 5.41) is 9.58. The van der Waals surface area contributed by atoms with Gasteiger partial charge in [0, 0.05) is 13.2 Å².